The summed E-state index contributed by atoms with van der Waals surface area (Å²) in [5, 5.41) is 7.55. The Kier molecular flexibility index (Phi) is 11.7. The summed E-state index contributed by atoms with van der Waals surface area (Å²) in [7, 11) is 0. The summed E-state index contributed by atoms with van der Waals surface area (Å²) in [5.41, 5.74) is 1.08. The van der Waals surface area contributed by atoms with Crippen molar-refractivity contribution in [3.05, 3.63) is 59.0 Å². The van der Waals surface area contributed by atoms with Gasteiger partial charge in [0.15, 0.2) is 5.96 Å². The first-order valence-corrected chi connectivity index (χ1v) is 11.1. The molecule has 0 aliphatic carbocycles. The zero-order valence-corrected chi connectivity index (χ0v) is 21.2. The topological polar surface area (TPSA) is 68.0 Å². The number of guanidine groups is 1. The molecule has 2 aromatic rings. The van der Waals surface area contributed by atoms with Crippen LogP contribution in [0.5, 0.6) is 0 Å². The number of furan rings is 1. The molecule has 0 atom stereocenters. The molecule has 1 aromatic carbocycles. The lowest BCUT2D eigenvalue weighted by Gasteiger charge is -2.37. The second-order valence-electron chi connectivity index (χ2n) is 7.48. The van der Waals surface area contributed by atoms with E-state index in [0.717, 1.165) is 62.3 Å². The third-order valence-corrected chi connectivity index (χ3v) is 5.69. The number of hydrogen-bond donors (Lipinski definition) is 2. The van der Waals surface area contributed by atoms with E-state index < -0.39 is 0 Å². The first-order chi connectivity index (χ1) is 14.7. The number of rotatable bonds is 10. The van der Waals surface area contributed by atoms with Crippen molar-refractivity contribution in [1.29, 1.82) is 0 Å². The highest BCUT2D eigenvalue weighted by molar-refractivity contribution is 14.0. The molecular weight excluding hydrogens is 529 g/mol. The van der Waals surface area contributed by atoms with Crippen molar-refractivity contribution in [1.82, 2.24) is 10.6 Å². The fraction of sp³-hybridized carbons (Fsp3) is 0.522. The SMILES string of the molecule is CCNC(=NCC1(c2ccccc2Cl)CCOCC1)NCCCOCc1ccco1.I. The molecule has 1 fully saturated rings. The molecule has 6 nitrogen and oxygen atoms in total. The Morgan fingerprint density at radius 2 is 1.97 bits per heavy atom. The molecule has 31 heavy (non-hydrogen) atoms. The Morgan fingerprint density at radius 1 is 1.16 bits per heavy atom. The van der Waals surface area contributed by atoms with Gasteiger partial charge in [0.1, 0.15) is 12.4 Å². The van der Waals surface area contributed by atoms with Crippen molar-refractivity contribution in [2.75, 3.05) is 39.5 Å². The minimum Gasteiger partial charge on any atom is -0.467 e. The maximum absolute atomic E-state index is 6.55. The van der Waals surface area contributed by atoms with Gasteiger partial charge in [-0.3, -0.25) is 4.99 Å². The first kappa shape index (κ1) is 26.0. The quantitative estimate of drug-likeness (QED) is 0.189. The summed E-state index contributed by atoms with van der Waals surface area (Å²) in [6, 6.07) is 11.9. The number of aliphatic imine (C=N–C) groups is 1. The van der Waals surface area contributed by atoms with Gasteiger partial charge in [-0.15, -0.1) is 24.0 Å². The van der Waals surface area contributed by atoms with E-state index in [0.29, 0.717) is 19.8 Å². The minimum absolute atomic E-state index is 0. The molecule has 2 N–H and O–H groups in total. The Balaban J connectivity index is 0.00000341. The van der Waals surface area contributed by atoms with Crippen LogP contribution in [0.25, 0.3) is 0 Å². The van der Waals surface area contributed by atoms with Crippen molar-refractivity contribution in [3.63, 3.8) is 0 Å². The highest BCUT2D eigenvalue weighted by atomic mass is 127. The van der Waals surface area contributed by atoms with Crippen molar-refractivity contribution < 1.29 is 13.9 Å². The van der Waals surface area contributed by atoms with Gasteiger partial charge in [-0.25, -0.2) is 0 Å². The maximum atomic E-state index is 6.55. The summed E-state index contributed by atoms with van der Waals surface area (Å²) >= 11 is 6.55. The Bertz CT molecular complexity index is 780. The smallest absolute Gasteiger partial charge is 0.191 e. The van der Waals surface area contributed by atoms with Gasteiger partial charge in [0.2, 0.25) is 0 Å². The lowest BCUT2D eigenvalue weighted by atomic mass is 9.74. The van der Waals surface area contributed by atoms with Gasteiger partial charge in [0, 0.05) is 43.3 Å². The van der Waals surface area contributed by atoms with Crippen molar-refractivity contribution in [2.45, 2.75) is 38.2 Å². The van der Waals surface area contributed by atoms with E-state index in [2.05, 4.69) is 23.6 Å². The molecule has 0 bridgehead atoms. The van der Waals surface area contributed by atoms with Crippen LogP contribution in [0.3, 0.4) is 0 Å². The molecule has 0 saturated carbocycles. The molecule has 8 heteroatoms. The lowest BCUT2D eigenvalue weighted by molar-refractivity contribution is 0.0531. The number of nitrogens with zero attached hydrogens (tertiary/aromatic N) is 1. The molecule has 1 aliphatic heterocycles. The largest absolute Gasteiger partial charge is 0.467 e. The molecule has 1 saturated heterocycles. The standard InChI is InChI=1S/C23H32ClN3O3.HI/c1-2-25-22(26-12-6-13-29-17-19-7-5-14-30-19)27-18-23(10-15-28-16-11-23)20-8-3-4-9-21(20)24;/h3-5,7-9,14H,2,6,10-13,15-18H2,1H3,(H2,25,26,27);1H. The second-order valence-corrected chi connectivity index (χ2v) is 7.89. The van der Waals surface area contributed by atoms with E-state index in [1.807, 2.05) is 30.3 Å². The molecule has 0 unspecified atom stereocenters. The first-order valence-electron chi connectivity index (χ1n) is 10.7. The number of hydrogen-bond acceptors (Lipinski definition) is 4. The highest BCUT2D eigenvalue weighted by Crippen LogP contribution is 2.38. The molecule has 1 aromatic heterocycles. The van der Waals surface area contributed by atoms with E-state index >= 15 is 0 Å². The van der Waals surface area contributed by atoms with E-state index in [1.54, 1.807) is 6.26 Å². The van der Waals surface area contributed by atoms with Gasteiger partial charge in [0.25, 0.3) is 0 Å². The van der Waals surface area contributed by atoms with Gasteiger partial charge in [-0.1, -0.05) is 29.8 Å². The minimum atomic E-state index is -0.0922. The molecule has 1 aliphatic rings. The lowest BCUT2D eigenvalue weighted by Crippen LogP contribution is -2.41. The van der Waals surface area contributed by atoms with Crippen LogP contribution >= 0.6 is 35.6 Å². The second kappa shape index (κ2) is 14.0. The Hall–Kier alpha value is -1.29. The molecule has 2 heterocycles. The van der Waals surface area contributed by atoms with Crippen LogP contribution in [0.1, 0.15) is 37.5 Å². The molecular formula is C23H33ClIN3O3. The van der Waals surface area contributed by atoms with Crippen LogP contribution in [-0.2, 0) is 21.5 Å². The van der Waals surface area contributed by atoms with Crippen LogP contribution in [0.15, 0.2) is 52.1 Å². The van der Waals surface area contributed by atoms with E-state index in [9.17, 15) is 0 Å². The van der Waals surface area contributed by atoms with Gasteiger partial charge in [-0.2, -0.15) is 0 Å². The third-order valence-electron chi connectivity index (χ3n) is 5.36. The molecule has 3 rings (SSSR count). The van der Waals surface area contributed by atoms with Crippen molar-refractivity contribution >= 4 is 41.5 Å². The fourth-order valence-electron chi connectivity index (χ4n) is 3.69. The fourth-order valence-corrected chi connectivity index (χ4v) is 4.02. The summed E-state index contributed by atoms with van der Waals surface area (Å²) < 4.78 is 16.5. The van der Waals surface area contributed by atoms with Crippen molar-refractivity contribution in [2.24, 2.45) is 4.99 Å². The Labute approximate surface area is 207 Å². The highest BCUT2D eigenvalue weighted by Gasteiger charge is 2.36. The predicted octanol–water partition coefficient (Wildman–Crippen LogP) is 4.76. The predicted molar refractivity (Wildman–Crippen MR) is 136 cm³/mol. The van der Waals surface area contributed by atoms with Crippen LogP contribution in [-0.4, -0.2) is 45.4 Å². The number of ether oxygens (including phenoxy) is 2. The zero-order chi connectivity index (χ0) is 21.1. The van der Waals surface area contributed by atoms with Crippen LogP contribution in [0.4, 0.5) is 0 Å². The summed E-state index contributed by atoms with van der Waals surface area (Å²) in [4.78, 5) is 4.91. The van der Waals surface area contributed by atoms with Crippen LogP contribution < -0.4 is 10.6 Å². The zero-order valence-electron chi connectivity index (χ0n) is 18.1. The van der Waals surface area contributed by atoms with Crippen LogP contribution in [0, 0.1) is 0 Å². The molecule has 172 valence electrons. The summed E-state index contributed by atoms with van der Waals surface area (Å²) in [6.07, 6.45) is 4.38. The van der Waals surface area contributed by atoms with Crippen molar-refractivity contribution in [3.8, 4) is 0 Å². The third kappa shape index (κ3) is 7.97. The van der Waals surface area contributed by atoms with Gasteiger partial charge in [-0.05, 0) is 49.9 Å². The van der Waals surface area contributed by atoms with E-state index in [4.69, 9.17) is 30.5 Å². The van der Waals surface area contributed by atoms with E-state index in [1.165, 1.54) is 5.56 Å². The van der Waals surface area contributed by atoms with E-state index in [-0.39, 0.29) is 29.4 Å². The average molecular weight is 562 g/mol. The normalized spacial score (nSPS) is 15.9. The molecule has 0 amide bonds. The number of nitrogens with one attached hydrogen (secondary N) is 2. The average Bonchev–Trinajstić information content (AvgIpc) is 3.29. The molecule has 0 spiro atoms. The molecule has 0 radical (unpaired) electrons. The summed E-state index contributed by atoms with van der Waals surface area (Å²) in [6.45, 7) is 6.97. The monoisotopic (exact) mass is 561 g/mol. The van der Waals surface area contributed by atoms with Gasteiger partial charge >= 0.3 is 0 Å². The summed E-state index contributed by atoms with van der Waals surface area (Å²) in [5.74, 6) is 1.67. The number of halogens is 2. The van der Waals surface area contributed by atoms with Crippen LogP contribution in [0.2, 0.25) is 5.02 Å². The maximum Gasteiger partial charge on any atom is 0.191 e. The van der Waals surface area contributed by atoms with Gasteiger partial charge < -0.3 is 24.5 Å². The van der Waals surface area contributed by atoms with Gasteiger partial charge in [0.05, 0.1) is 12.8 Å². The Morgan fingerprint density at radius 3 is 2.68 bits per heavy atom. The number of benzene rings is 1.